The summed E-state index contributed by atoms with van der Waals surface area (Å²) in [6, 6.07) is 9.03. The molecule has 0 atom stereocenters. The molecule has 0 aliphatic rings. The Kier molecular flexibility index (Phi) is 4.32. The Balaban J connectivity index is 1.56. The minimum atomic E-state index is -0.0679. The summed E-state index contributed by atoms with van der Waals surface area (Å²) < 4.78 is 3.46. The van der Waals surface area contributed by atoms with Crippen LogP contribution >= 0.6 is 34.7 Å². The molecular weight excluding hydrogens is 378 g/mol. The highest BCUT2D eigenvalue weighted by molar-refractivity contribution is 7.98. The zero-order chi connectivity index (χ0) is 17.4. The molecule has 3 aromatic heterocycles. The van der Waals surface area contributed by atoms with E-state index in [9.17, 15) is 4.79 Å². The summed E-state index contributed by atoms with van der Waals surface area (Å²) in [6.07, 6.45) is 1.73. The van der Waals surface area contributed by atoms with E-state index < -0.39 is 0 Å². The van der Waals surface area contributed by atoms with E-state index in [1.165, 1.54) is 23.1 Å². The standard InChI is InChI=1S/C16H12ClN5OS2/c1-21-14(10-2-4-11(17)5-3-10)19-20-16(21)25-9-12-8-13(23)22-6-7-24-15(22)18-12/h2-8H,9H2,1H3. The van der Waals surface area contributed by atoms with Crippen LogP contribution in [0.2, 0.25) is 5.02 Å². The van der Waals surface area contributed by atoms with Crippen LogP contribution in [0.3, 0.4) is 0 Å². The number of halogens is 1. The van der Waals surface area contributed by atoms with Crippen molar-refractivity contribution in [1.82, 2.24) is 24.1 Å². The van der Waals surface area contributed by atoms with Crippen LogP contribution in [0.15, 0.2) is 51.9 Å². The van der Waals surface area contributed by atoms with Crippen LogP contribution in [0.4, 0.5) is 0 Å². The first-order chi connectivity index (χ1) is 12.1. The zero-order valence-electron chi connectivity index (χ0n) is 13.1. The van der Waals surface area contributed by atoms with Crippen LogP contribution in [-0.2, 0) is 12.8 Å². The molecule has 0 spiro atoms. The van der Waals surface area contributed by atoms with Gasteiger partial charge in [0, 0.05) is 41.0 Å². The Morgan fingerprint density at radius 1 is 1.24 bits per heavy atom. The monoisotopic (exact) mass is 389 g/mol. The molecule has 126 valence electrons. The molecule has 0 saturated carbocycles. The van der Waals surface area contributed by atoms with E-state index in [0.29, 0.717) is 15.7 Å². The minimum Gasteiger partial charge on any atom is -0.305 e. The van der Waals surface area contributed by atoms with Gasteiger partial charge in [0.05, 0.1) is 5.69 Å². The summed E-state index contributed by atoms with van der Waals surface area (Å²) >= 11 is 8.86. The van der Waals surface area contributed by atoms with Gasteiger partial charge in [-0.3, -0.25) is 9.20 Å². The Morgan fingerprint density at radius 2 is 2.04 bits per heavy atom. The van der Waals surface area contributed by atoms with Crippen molar-refractivity contribution in [3.8, 4) is 11.4 Å². The lowest BCUT2D eigenvalue weighted by Crippen LogP contribution is -2.12. The van der Waals surface area contributed by atoms with Gasteiger partial charge in [0.25, 0.3) is 5.56 Å². The summed E-state index contributed by atoms with van der Waals surface area (Å²) in [4.78, 5) is 17.2. The molecule has 0 radical (unpaired) electrons. The van der Waals surface area contributed by atoms with E-state index >= 15 is 0 Å². The fraction of sp³-hybridized carbons (Fsp3) is 0.125. The van der Waals surface area contributed by atoms with Gasteiger partial charge >= 0.3 is 0 Å². The molecule has 3 heterocycles. The number of hydrogen-bond donors (Lipinski definition) is 0. The molecule has 0 saturated heterocycles. The second-order valence-corrected chi connectivity index (χ2v) is 7.55. The molecule has 0 bridgehead atoms. The number of benzene rings is 1. The van der Waals surface area contributed by atoms with Crippen molar-refractivity contribution >= 4 is 39.7 Å². The van der Waals surface area contributed by atoms with Crippen molar-refractivity contribution in [3.05, 3.63) is 63.0 Å². The highest BCUT2D eigenvalue weighted by Crippen LogP contribution is 2.25. The lowest BCUT2D eigenvalue weighted by Gasteiger charge is -2.04. The van der Waals surface area contributed by atoms with E-state index in [2.05, 4.69) is 15.2 Å². The number of aromatic nitrogens is 5. The third-order valence-corrected chi connectivity index (χ3v) is 5.71. The van der Waals surface area contributed by atoms with Gasteiger partial charge in [0.2, 0.25) is 0 Å². The van der Waals surface area contributed by atoms with Crippen LogP contribution in [0.25, 0.3) is 16.3 Å². The number of thioether (sulfide) groups is 1. The van der Waals surface area contributed by atoms with Gasteiger partial charge in [0.15, 0.2) is 15.9 Å². The largest absolute Gasteiger partial charge is 0.305 e. The summed E-state index contributed by atoms with van der Waals surface area (Å²) in [7, 11) is 1.91. The summed E-state index contributed by atoms with van der Waals surface area (Å²) in [5, 5.41) is 11.8. The number of thiazole rings is 1. The number of fused-ring (bicyclic) bond motifs is 1. The Hall–Kier alpha value is -2.16. The SMILES string of the molecule is Cn1c(SCc2cc(=O)n3ccsc3n2)nnc1-c1ccc(Cl)cc1. The predicted octanol–water partition coefficient (Wildman–Crippen LogP) is 3.50. The topological polar surface area (TPSA) is 65.1 Å². The maximum atomic E-state index is 12.0. The minimum absolute atomic E-state index is 0.0679. The summed E-state index contributed by atoms with van der Waals surface area (Å²) in [5.41, 5.74) is 1.61. The van der Waals surface area contributed by atoms with Crippen LogP contribution in [-0.4, -0.2) is 24.1 Å². The van der Waals surface area contributed by atoms with Crippen LogP contribution < -0.4 is 5.56 Å². The Labute approximate surface area is 156 Å². The van der Waals surface area contributed by atoms with Crippen LogP contribution in [0.1, 0.15) is 5.69 Å². The zero-order valence-corrected chi connectivity index (χ0v) is 15.5. The fourth-order valence-corrected chi connectivity index (χ4v) is 4.06. The van der Waals surface area contributed by atoms with Crippen molar-refractivity contribution < 1.29 is 0 Å². The number of nitrogens with zero attached hydrogens (tertiary/aromatic N) is 5. The third kappa shape index (κ3) is 3.20. The average molecular weight is 390 g/mol. The normalized spacial score (nSPS) is 11.3. The molecule has 0 amide bonds. The van der Waals surface area contributed by atoms with Gasteiger partial charge in [-0.2, -0.15) is 0 Å². The van der Waals surface area contributed by atoms with Crippen LogP contribution in [0.5, 0.6) is 0 Å². The van der Waals surface area contributed by atoms with Crippen molar-refractivity contribution in [3.63, 3.8) is 0 Å². The van der Waals surface area contributed by atoms with Gasteiger partial charge in [0.1, 0.15) is 0 Å². The molecule has 0 aliphatic carbocycles. The van der Waals surface area contributed by atoms with Crippen molar-refractivity contribution in [2.24, 2.45) is 7.05 Å². The third-order valence-electron chi connectivity index (χ3n) is 3.64. The molecule has 0 unspecified atom stereocenters. The molecular formula is C16H12ClN5OS2. The maximum Gasteiger partial charge on any atom is 0.258 e. The molecule has 0 N–H and O–H groups in total. The van der Waals surface area contributed by atoms with Crippen molar-refractivity contribution in [2.75, 3.05) is 0 Å². The van der Waals surface area contributed by atoms with Crippen molar-refractivity contribution in [2.45, 2.75) is 10.9 Å². The first-order valence-electron chi connectivity index (χ1n) is 7.36. The van der Waals surface area contributed by atoms with E-state index in [0.717, 1.165) is 22.2 Å². The van der Waals surface area contributed by atoms with E-state index in [1.807, 2.05) is 41.3 Å². The van der Waals surface area contributed by atoms with Gasteiger partial charge in [-0.05, 0) is 24.3 Å². The molecule has 1 aromatic carbocycles. The Bertz CT molecular complexity index is 1100. The van der Waals surface area contributed by atoms with Gasteiger partial charge in [-0.25, -0.2) is 4.98 Å². The molecule has 0 fully saturated rings. The second kappa shape index (κ2) is 6.62. The Morgan fingerprint density at radius 3 is 2.84 bits per heavy atom. The van der Waals surface area contributed by atoms with E-state index in [1.54, 1.807) is 16.7 Å². The molecule has 9 heteroatoms. The van der Waals surface area contributed by atoms with Gasteiger partial charge in [-0.1, -0.05) is 23.4 Å². The second-order valence-electron chi connectivity index (χ2n) is 5.30. The molecule has 4 rings (SSSR count). The van der Waals surface area contributed by atoms with Gasteiger partial charge in [-0.15, -0.1) is 21.5 Å². The van der Waals surface area contributed by atoms with Gasteiger partial charge < -0.3 is 4.57 Å². The lowest BCUT2D eigenvalue weighted by molar-refractivity contribution is 0.793. The van der Waals surface area contributed by atoms with Crippen molar-refractivity contribution in [1.29, 1.82) is 0 Å². The summed E-state index contributed by atoms with van der Waals surface area (Å²) in [5.74, 6) is 1.32. The van der Waals surface area contributed by atoms with E-state index in [-0.39, 0.29) is 5.56 Å². The predicted molar refractivity (Wildman–Crippen MR) is 100 cm³/mol. The molecule has 6 nitrogen and oxygen atoms in total. The smallest absolute Gasteiger partial charge is 0.258 e. The summed E-state index contributed by atoms with van der Waals surface area (Å²) in [6.45, 7) is 0. The molecule has 25 heavy (non-hydrogen) atoms. The quantitative estimate of drug-likeness (QED) is 0.500. The lowest BCUT2D eigenvalue weighted by atomic mass is 10.2. The number of rotatable bonds is 4. The fourth-order valence-electron chi connectivity index (χ4n) is 2.39. The first-order valence-corrected chi connectivity index (χ1v) is 9.60. The highest BCUT2D eigenvalue weighted by Gasteiger charge is 2.12. The highest BCUT2D eigenvalue weighted by atomic mass is 35.5. The first kappa shape index (κ1) is 16.3. The van der Waals surface area contributed by atoms with E-state index in [4.69, 9.17) is 11.6 Å². The average Bonchev–Trinajstić information content (AvgIpc) is 3.21. The molecule has 4 aromatic rings. The maximum absolute atomic E-state index is 12.0. The van der Waals surface area contributed by atoms with Crippen LogP contribution in [0, 0.1) is 0 Å². The number of hydrogen-bond acceptors (Lipinski definition) is 6. The molecule has 0 aliphatic heterocycles.